The fourth-order valence-electron chi connectivity index (χ4n) is 1.84. The Bertz CT molecular complexity index is 713. The van der Waals surface area contributed by atoms with Crippen LogP contribution < -0.4 is 10.5 Å². The van der Waals surface area contributed by atoms with E-state index in [-0.39, 0.29) is 30.2 Å². The van der Waals surface area contributed by atoms with Crippen molar-refractivity contribution in [3.8, 4) is 5.75 Å². The number of nitro benzene ring substituents is 1. The fraction of sp³-hybridized carbons (Fsp3) is 0.188. The second kappa shape index (κ2) is 7.26. The molecule has 2 aromatic carbocycles. The van der Waals surface area contributed by atoms with Gasteiger partial charge in [0.15, 0.2) is 0 Å². The van der Waals surface area contributed by atoms with Gasteiger partial charge in [0.1, 0.15) is 24.7 Å². The summed E-state index contributed by atoms with van der Waals surface area (Å²) >= 11 is 0. The lowest BCUT2D eigenvalue weighted by molar-refractivity contribution is -0.383. The summed E-state index contributed by atoms with van der Waals surface area (Å²) in [6.07, 6.45) is 0. The van der Waals surface area contributed by atoms with E-state index in [2.05, 4.69) is 0 Å². The Labute approximate surface area is 132 Å². The van der Waals surface area contributed by atoms with Gasteiger partial charge in [-0.1, -0.05) is 17.7 Å². The zero-order valence-electron chi connectivity index (χ0n) is 12.5. The third-order valence-corrected chi connectivity index (χ3v) is 3.07. The standard InChI is InChI=1S/C16H16N2O5/c1-11-2-5-13(6-3-11)22-8-9-23-16(19)12-4-7-14(17)15(10-12)18(20)21/h2-7,10H,8-9,17H2,1H3. The molecule has 2 N–H and O–H groups in total. The number of aryl methyl sites for hydroxylation is 1. The van der Waals surface area contributed by atoms with Crippen molar-refractivity contribution < 1.29 is 19.2 Å². The highest BCUT2D eigenvalue weighted by Gasteiger charge is 2.16. The van der Waals surface area contributed by atoms with Gasteiger partial charge in [0.05, 0.1) is 10.5 Å². The monoisotopic (exact) mass is 316 g/mol. The van der Waals surface area contributed by atoms with Gasteiger partial charge in [-0.25, -0.2) is 4.79 Å². The van der Waals surface area contributed by atoms with Crippen molar-refractivity contribution >= 4 is 17.3 Å². The topological polar surface area (TPSA) is 105 Å². The van der Waals surface area contributed by atoms with Crippen molar-refractivity contribution in [2.24, 2.45) is 0 Å². The van der Waals surface area contributed by atoms with E-state index in [0.29, 0.717) is 5.75 Å². The van der Waals surface area contributed by atoms with Crippen LogP contribution in [0.25, 0.3) is 0 Å². The second-order valence-corrected chi connectivity index (χ2v) is 4.83. The van der Waals surface area contributed by atoms with Crippen LogP contribution in [0.4, 0.5) is 11.4 Å². The van der Waals surface area contributed by atoms with Crippen LogP contribution in [-0.4, -0.2) is 24.1 Å². The molecule has 23 heavy (non-hydrogen) atoms. The molecule has 2 aromatic rings. The molecular weight excluding hydrogens is 300 g/mol. The normalized spacial score (nSPS) is 10.1. The quantitative estimate of drug-likeness (QED) is 0.289. The molecule has 7 heteroatoms. The molecule has 2 rings (SSSR count). The Morgan fingerprint density at radius 1 is 1.17 bits per heavy atom. The molecular formula is C16H16N2O5. The van der Waals surface area contributed by atoms with Crippen LogP contribution in [-0.2, 0) is 4.74 Å². The first-order valence-electron chi connectivity index (χ1n) is 6.88. The highest BCUT2D eigenvalue weighted by atomic mass is 16.6. The molecule has 0 aliphatic heterocycles. The summed E-state index contributed by atoms with van der Waals surface area (Å²) in [7, 11) is 0. The molecule has 0 atom stereocenters. The third-order valence-electron chi connectivity index (χ3n) is 3.07. The molecule has 0 heterocycles. The molecule has 0 aliphatic carbocycles. The summed E-state index contributed by atoms with van der Waals surface area (Å²) in [5.41, 5.74) is 6.33. The Balaban J connectivity index is 1.86. The average molecular weight is 316 g/mol. The van der Waals surface area contributed by atoms with E-state index in [9.17, 15) is 14.9 Å². The number of nitrogen functional groups attached to an aromatic ring is 1. The van der Waals surface area contributed by atoms with Crippen molar-refractivity contribution in [1.82, 2.24) is 0 Å². The molecule has 7 nitrogen and oxygen atoms in total. The van der Waals surface area contributed by atoms with Gasteiger partial charge in [0.2, 0.25) is 0 Å². The molecule has 120 valence electrons. The minimum atomic E-state index is -0.666. The summed E-state index contributed by atoms with van der Waals surface area (Å²) in [5, 5.41) is 10.8. The summed E-state index contributed by atoms with van der Waals surface area (Å²) in [5.74, 6) is 0.00961. The Morgan fingerprint density at radius 2 is 1.87 bits per heavy atom. The van der Waals surface area contributed by atoms with Gasteiger partial charge in [-0.05, 0) is 31.2 Å². The van der Waals surface area contributed by atoms with Gasteiger partial charge in [0.25, 0.3) is 5.69 Å². The zero-order valence-corrected chi connectivity index (χ0v) is 12.5. The number of nitrogens with two attached hydrogens (primary N) is 1. The molecule has 0 fully saturated rings. The van der Waals surface area contributed by atoms with Crippen LogP contribution in [0.2, 0.25) is 0 Å². The number of esters is 1. The second-order valence-electron chi connectivity index (χ2n) is 4.83. The van der Waals surface area contributed by atoms with Crippen LogP contribution in [0.1, 0.15) is 15.9 Å². The SMILES string of the molecule is Cc1ccc(OCCOC(=O)c2ccc(N)c([N+](=O)[O-])c2)cc1. The molecule has 0 unspecified atom stereocenters. The summed E-state index contributed by atoms with van der Waals surface area (Å²) in [4.78, 5) is 22.0. The fourth-order valence-corrected chi connectivity index (χ4v) is 1.84. The summed E-state index contributed by atoms with van der Waals surface area (Å²) < 4.78 is 10.4. The number of nitrogens with zero attached hydrogens (tertiary/aromatic N) is 1. The van der Waals surface area contributed by atoms with E-state index in [1.165, 1.54) is 12.1 Å². The predicted molar refractivity (Wildman–Crippen MR) is 84.5 cm³/mol. The maximum atomic E-state index is 11.8. The van der Waals surface area contributed by atoms with Crippen LogP contribution in [0.5, 0.6) is 5.75 Å². The van der Waals surface area contributed by atoms with E-state index in [1.54, 1.807) is 0 Å². The number of anilines is 1. The number of carbonyl (C=O) groups excluding carboxylic acids is 1. The van der Waals surface area contributed by atoms with Crippen LogP contribution >= 0.6 is 0 Å². The van der Waals surface area contributed by atoms with Gasteiger partial charge in [-0.15, -0.1) is 0 Å². The number of hydrogen-bond donors (Lipinski definition) is 1. The van der Waals surface area contributed by atoms with Crippen molar-refractivity contribution in [3.63, 3.8) is 0 Å². The lowest BCUT2D eigenvalue weighted by Crippen LogP contribution is -2.12. The van der Waals surface area contributed by atoms with Gasteiger partial charge in [-0.3, -0.25) is 10.1 Å². The lowest BCUT2D eigenvalue weighted by Gasteiger charge is -2.08. The van der Waals surface area contributed by atoms with E-state index in [4.69, 9.17) is 15.2 Å². The first-order chi connectivity index (χ1) is 11.0. The van der Waals surface area contributed by atoms with Gasteiger partial charge >= 0.3 is 5.97 Å². The molecule has 0 saturated heterocycles. The van der Waals surface area contributed by atoms with Crippen LogP contribution in [0, 0.1) is 17.0 Å². The van der Waals surface area contributed by atoms with Crippen molar-refractivity contribution in [2.45, 2.75) is 6.92 Å². The number of benzene rings is 2. The third kappa shape index (κ3) is 4.44. The Kier molecular flexibility index (Phi) is 5.14. The molecule has 0 aliphatic rings. The smallest absolute Gasteiger partial charge is 0.338 e. The van der Waals surface area contributed by atoms with Crippen LogP contribution in [0.3, 0.4) is 0 Å². The highest BCUT2D eigenvalue weighted by molar-refractivity contribution is 5.91. The number of nitro groups is 1. The minimum Gasteiger partial charge on any atom is -0.490 e. The first kappa shape index (κ1) is 16.3. The molecule has 0 saturated carbocycles. The molecule has 0 aromatic heterocycles. The highest BCUT2D eigenvalue weighted by Crippen LogP contribution is 2.22. The maximum Gasteiger partial charge on any atom is 0.338 e. The molecule has 0 bridgehead atoms. The van der Waals surface area contributed by atoms with Crippen molar-refractivity contribution in [1.29, 1.82) is 0 Å². The molecule has 0 radical (unpaired) electrons. The Morgan fingerprint density at radius 3 is 2.52 bits per heavy atom. The van der Waals surface area contributed by atoms with Crippen molar-refractivity contribution in [3.05, 3.63) is 63.7 Å². The van der Waals surface area contributed by atoms with Gasteiger partial charge in [0, 0.05) is 6.07 Å². The van der Waals surface area contributed by atoms with Gasteiger partial charge in [-0.2, -0.15) is 0 Å². The number of ether oxygens (including phenoxy) is 2. The van der Waals surface area contributed by atoms with E-state index >= 15 is 0 Å². The lowest BCUT2D eigenvalue weighted by atomic mass is 10.2. The summed E-state index contributed by atoms with van der Waals surface area (Å²) in [6, 6.07) is 11.2. The zero-order chi connectivity index (χ0) is 16.8. The predicted octanol–water partition coefficient (Wildman–Crippen LogP) is 2.72. The molecule has 0 spiro atoms. The van der Waals surface area contributed by atoms with E-state index in [1.807, 2.05) is 31.2 Å². The maximum absolute atomic E-state index is 11.8. The molecule has 0 amide bonds. The van der Waals surface area contributed by atoms with Crippen LogP contribution in [0.15, 0.2) is 42.5 Å². The minimum absolute atomic E-state index is 0.00532. The van der Waals surface area contributed by atoms with Gasteiger partial charge < -0.3 is 15.2 Å². The largest absolute Gasteiger partial charge is 0.490 e. The van der Waals surface area contributed by atoms with E-state index < -0.39 is 10.9 Å². The Hall–Kier alpha value is -3.09. The first-order valence-corrected chi connectivity index (χ1v) is 6.88. The number of rotatable bonds is 6. The summed E-state index contributed by atoms with van der Waals surface area (Å²) in [6.45, 7) is 2.19. The van der Waals surface area contributed by atoms with E-state index in [0.717, 1.165) is 11.6 Å². The number of carbonyl (C=O) groups is 1. The van der Waals surface area contributed by atoms with Crippen molar-refractivity contribution in [2.75, 3.05) is 18.9 Å². The number of hydrogen-bond acceptors (Lipinski definition) is 6. The average Bonchev–Trinajstić information content (AvgIpc) is 2.53.